The lowest BCUT2D eigenvalue weighted by Crippen LogP contribution is -2.54. The summed E-state index contributed by atoms with van der Waals surface area (Å²) in [6.45, 7) is 7.61. The number of halogens is 3. The first-order valence-electron chi connectivity index (χ1n) is 10.8. The number of anilines is 1. The molecule has 2 aliphatic heterocycles. The van der Waals surface area contributed by atoms with Crippen molar-refractivity contribution in [2.75, 3.05) is 30.3 Å². The van der Waals surface area contributed by atoms with Gasteiger partial charge in [0.15, 0.2) is 0 Å². The number of amides is 1. The predicted molar refractivity (Wildman–Crippen MR) is 136 cm³/mol. The van der Waals surface area contributed by atoms with E-state index < -0.39 is 5.82 Å². The van der Waals surface area contributed by atoms with E-state index in [0.717, 1.165) is 15.8 Å². The van der Waals surface area contributed by atoms with Gasteiger partial charge in [-0.25, -0.2) is 9.18 Å². The standard InChI is InChI=1S/C24H21Cl2FN4O2S/c1-3-19(32)29-6-7-30(13(2)12-29)23-16-11-18(26)20(15-5-4-14(27)10-17(15)25)22-21(16)31(8-9-34-22)24(33)28-23/h3-5,10-11,13H,1,6-9,12H2,2H3/t13-/m0/s1. The van der Waals surface area contributed by atoms with Gasteiger partial charge in [0.1, 0.15) is 11.6 Å². The minimum absolute atomic E-state index is 0.0624. The van der Waals surface area contributed by atoms with Crippen molar-refractivity contribution in [1.29, 1.82) is 0 Å². The van der Waals surface area contributed by atoms with Gasteiger partial charge in [0.2, 0.25) is 5.91 Å². The molecule has 0 aliphatic carbocycles. The maximum absolute atomic E-state index is 13.7. The van der Waals surface area contributed by atoms with Crippen LogP contribution in [0.15, 0.2) is 46.6 Å². The van der Waals surface area contributed by atoms with Crippen molar-refractivity contribution >= 4 is 57.6 Å². The van der Waals surface area contributed by atoms with Crippen molar-refractivity contribution in [3.63, 3.8) is 0 Å². The monoisotopic (exact) mass is 518 g/mol. The molecule has 1 saturated heterocycles. The zero-order valence-corrected chi connectivity index (χ0v) is 20.7. The van der Waals surface area contributed by atoms with Crippen LogP contribution in [0.4, 0.5) is 10.2 Å². The molecule has 0 radical (unpaired) electrons. The van der Waals surface area contributed by atoms with Crippen LogP contribution in [0.5, 0.6) is 0 Å². The van der Waals surface area contributed by atoms with Crippen molar-refractivity contribution < 1.29 is 9.18 Å². The third-order valence-electron chi connectivity index (χ3n) is 6.30. The molecule has 3 aromatic rings. The molecule has 0 saturated carbocycles. The first kappa shape index (κ1) is 23.2. The Morgan fingerprint density at radius 3 is 2.74 bits per heavy atom. The van der Waals surface area contributed by atoms with Gasteiger partial charge in [-0.15, -0.1) is 11.8 Å². The number of carbonyl (C=O) groups excluding carboxylic acids is 1. The molecule has 34 heavy (non-hydrogen) atoms. The maximum atomic E-state index is 13.7. The highest BCUT2D eigenvalue weighted by Gasteiger charge is 2.31. The van der Waals surface area contributed by atoms with E-state index in [4.69, 9.17) is 23.2 Å². The number of piperazine rings is 1. The summed E-state index contributed by atoms with van der Waals surface area (Å²) in [6.07, 6.45) is 1.31. The Morgan fingerprint density at radius 2 is 2.03 bits per heavy atom. The molecule has 176 valence electrons. The summed E-state index contributed by atoms with van der Waals surface area (Å²) in [7, 11) is 0. The van der Waals surface area contributed by atoms with Crippen LogP contribution in [0.3, 0.4) is 0 Å². The lowest BCUT2D eigenvalue weighted by atomic mass is 10.0. The predicted octanol–water partition coefficient (Wildman–Crippen LogP) is 4.84. The fourth-order valence-electron chi connectivity index (χ4n) is 4.71. The third-order valence-corrected chi connectivity index (χ3v) is 7.98. The highest BCUT2D eigenvalue weighted by molar-refractivity contribution is 7.99. The van der Waals surface area contributed by atoms with Crippen molar-refractivity contribution in [2.45, 2.75) is 24.4 Å². The normalized spacial score (nSPS) is 17.8. The summed E-state index contributed by atoms with van der Waals surface area (Å²) >= 11 is 14.8. The molecule has 2 aromatic carbocycles. The van der Waals surface area contributed by atoms with Gasteiger partial charge in [-0.3, -0.25) is 9.36 Å². The summed E-state index contributed by atoms with van der Waals surface area (Å²) in [5.41, 5.74) is 1.72. The fourth-order valence-corrected chi connectivity index (χ4v) is 6.53. The number of nitrogens with zero attached hydrogens (tertiary/aromatic N) is 4. The number of thioether (sulfide) groups is 1. The molecule has 2 aliphatic rings. The second kappa shape index (κ2) is 8.91. The topological polar surface area (TPSA) is 58.4 Å². The maximum Gasteiger partial charge on any atom is 0.350 e. The average molecular weight is 519 g/mol. The Balaban J connectivity index is 1.71. The molecular weight excluding hydrogens is 498 g/mol. The van der Waals surface area contributed by atoms with Gasteiger partial charge in [0, 0.05) is 59.4 Å². The SMILES string of the molecule is C=CC(=O)N1CCN(c2nc(=O)n3c4c(c(-c5ccc(F)cc5Cl)c(Cl)cc24)SCC3)[C@@H](C)C1. The van der Waals surface area contributed by atoms with E-state index in [0.29, 0.717) is 53.9 Å². The second-order valence-electron chi connectivity index (χ2n) is 8.33. The molecule has 0 unspecified atom stereocenters. The number of benzene rings is 2. The van der Waals surface area contributed by atoms with Gasteiger partial charge in [-0.05, 0) is 37.3 Å². The highest BCUT2D eigenvalue weighted by Crippen LogP contribution is 2.47. The van der Waals surface area contributed by atoms with Crippen LogP contribution in [0.2, 0.25) is 10.0 Å². The van der Waals surface area contributed by atoms with Crippen LogP contribution in [0.1, 0.15) is 6.92 Å². The molecule has 5 rings (SSSR count). The van der Waals surface area contributed by atoms with E-state index in [1.54, 1.807) is 27.3 Å². The van der Waals surface area contributed by atoms with Gasteiger partial charge in [0.05, 0.1) is 15.6 Å². The zero-order valence-electron chi connectivity index (χ0n) is 18.4. The number of hydrogen-bond acceptors (Lipinski definition) is 5. The quantitative estimate of drug-likeness (QED) is 0.464. The summed E-state index contributed by atoms with van der Waals surface area (Å²) in [5.74, 6) is 0.681. The van der Waals surface area contributed by atoms with E-state index in [1.807, 2.05) is 13.0 Å². The van der Waals surface area contributed by atoms with Gasteiger partial charge in [-0.2, -0.15) is 4.98 Å². The lowest BCUT2D eigenvalue weighted by molar-refractivity contribution is -0.126. The van der Waals surface area contributed by atoms with Crippen LogP contribution in [-0.4, -0.2) is 51.8 Å². The van der Waals surface area contributed by atoms with Gasteiger partial charge in [-0.1, -0.05) is 29.8 Å². The van der Waals surface area contributed by atoms with E-state index in [-0.39, 0.29) is 22.7 Å². The highest BCUT2D eigenvalue weighted by atomic mass is 35.5. The fraction of sp³-hybridized carbons (Fsp3) is 0.292. The van der Waals surface area contributed by atoms with Crippen LogP contribution in [-0.2, 0) is 11.3 Å². The van der Waals surface area contributed by atoms with Crippen molar-refractivity contribution in [2.24, 2.45) is 0 Å². The number of aryl methyl sites for hydroxylation is 1. The lowest BCUT2D eigenvalue weighted by Gasteiger charge is -2.40. The van der Waals surface area contributed by atoms with Gasteiger partial charge >= 0.3 is 5.69 Å². The summed E-state index contributed by atoms with van der Waals surface area (Å²) in [5, 5.41) is 1.47. The molecule has 1 fully saturated rings. The third kappa shape index (κ3) is 3.78. The Kier molecular flexibility index (Phi) is 6.08. The minimum atomic E-state index is -0.432. The average Bonchev–Trinajstić information content (AvgIpc) is 2.81. The zero-order chi connectivity index (χ0) is 24.1. The van der Waals surface area contributed by atoms with Gasteiger partial charge in [0.25, 0.3) is 0 Å². The van der Waals surface area contributed by atoms with E-state index in [1.165, 1.54) is 18.2 Å². The number of carbonyl (C=O) groups is 1. The number of rotatable bonds is 3. The molecule has 10 heteroatoms. The Labute approximate surface area is 210 Å². The largest absolute Gasteiger partial charge is 0.350 e. The van der Waals surface area contributed by atoms with Crippen molar-refractivity contribution in [1.82, 2.24) is 14.5 Å². The summed E-state index contributed by atoms with van der Waals surface area (Å²) in [6, 6.07) is 5.96. The molecule has 0 N–H and O–H groups in total. The van der Waals surface area contributed by atoms with Crippen LogP contribution >= 0.6 is 35.0 Å². The first-order chi connectivity index (χ1) is 16.3. The summed E-state index contributed by atoms with van der Waals surface area (Å²) < 4.78 is 15.4. The van der Waals surface area contributed by atoms with Crippen molar-refractivity contribution in [3.05, 3.63) is 63.3 Å². The van der Waals surface area contributed by atoms with Crippen molar-refractivity contribution in [3.8, 4) is 11.1 Å². The van der Waals surface area contributed by atoms with Gasteiger partial charge < -0.3 is 9.80 Å². The van der Waals surface area contributed by atoms with Crippen LogP contribution in [0.25, 0.3) is 22.0 Å². The smallest absolute Gasteiger partial charge is 0.350 e. The molecule has 0 spiro atoms. The second-order valence-corrected chi connectivity index (χ2v) is 10.3. The van der Waals surface area contributed by atoms with Crippen LogP contribution < -0.4 is 10.6 Å². The minimum Gasteiger partial charge on any atom is -0.350 e. The Hall–Kier alpha value is -2.55. The molecule has 3 heterocycles. The summed E-state index contributed by atoms with van der Waals surface area (Å²) in [4.78, 5) is 34.3. The first-order valence-corrected chi connectivity index (χ1v) is 12.6. The molecule has 6 nitrogen and oxygen atoms in total. The number of hydrogen-bond donors (Lipinski definition) is 0. The molecule has 0 bridgehead atoms. The molecule has 1 atom stereocenters. The Morgan fingerprint density at radius 1 is 1.24 bits per heavy atom. The van der Waals surface area contributed by atoms with E-state index in [9.17, 15) is 14.0 Å². The molecule has 1 aromatic heterocycles. The molecular formula is C24H21Cl2FN4O2S. The van der Waals surface area contributed by atoms with E-state index >= 15 is 0 Å². The number of aromatic nitrogens is 2. The van der Waals surface area contributed by atoms with E-state index in [2.05, 4.69) is 16.5 Å². The van der Waals surface area contributed by atoms with Crippen LogP contribution in [0, 0.1) is 5.82 Å². The Bertz CT molecular complexity index is 1410. The molecule has 1 amide bonds.